The van der Waals surface area contributed by atoms with Gasteiger partial charge in [0.15, 0.2) is 0 Å². The molecule has 1 heterocycles. The Kier molecular flexibility index (Phi) is 4.63. The van der Waals surface area contributed by atoms with E-state index in [4.69, 9.17) is 4.74 Å². The van der Waals surface area contributed by atoms with Gasteiger partial charge in [-0.1, -0.05) is 30.8 Å². The molecule has 0 radical (unpaired) electrons. The normalized spacial score (nSPS) is 13.4. The number of hydrogen-bond donors (Lipinski definition) is 0. The van der Waals surface area contributed by atoms with Gasteiger partial charge in [0.05, 0.1) is 16.1 Å². The fourth-order valence-electron chi connectivity index (χ4n) is 2.74. The second-order valence-electron chi connectivity index (χ2n) is 6.02. The van der Waals surface area contributed by atoms with E-state index in [0.717, 1.165) is 5.56 Å². The van der Waals surface area contributed by atoms with Crippen LogP contribution in [0.4, 0.5) is 5.69 Å². The highest BCUT2D eigenvalue weighted by Crippen LogP contribution is 2.32. The van der Waals surface area contributed by atoms with Crippen LogP contribution in [0.3, 0.4) is 0 Å². The quantitative estimate of drug-likeness (QED) is 0.609. The molecule has 0 saturated carbocycles. The van der Waals surface area contributed by atoms with Gasteiger partial charge in [0, 0.05) is 6.54 Å². The Labute approximate surface area is 147 Å². The van der Waals surface area contributed by atoms with Crippen molar-refractivity contribution in [1.29, 1.82) is 0 Å². The van der Waals surface area contributed by atoms with E-state index in [0.29, 0.717) is 24.2 Å². The molecule has 2 aromatic carbocycles. The monoisotopic (exact) mass is 357 g/mol. The van der Waals surface area contributed by atoms with Crippen LogP contribution in [0, 0.1) is 0 Å². The predicted octanol–water partition coefficient (Wildman–Crippen LogP) is 3.17. The zero-order chi connectivity index (χ0) is 18.0. The van der Waals surface area contributed by atoms with Crippen LogP contribution >= 0.6 is 0 Å². The molecule has 0 amide bonds. The van der Waals surface area contributed by atoms with Crippen LogP contribution in [0.25, 0.3) is 0 Å². The van der Waals surface area contributed by atoms with Crippen LogP contribution in [-0.2, 0) is 21.2 Å². The van der Waals surface area contributed by atoms with E-state index in [1.807, 2.05) is 18.2 Å². The molecule has 0 saturated heterocycles. The van der Waals surface area contributed by atoms with Gasteiger partial charge in [-0.05, 0) is 48.7 Å². The van der Waals surface area contributed by atoms with Crippen molar-refractivity contribution >= 4 is 21.7 Å². The zero-order valence-corrected chi connectivity index (χ0v) is 14.8. The van der Waals surface area contributed by atoms with Crippen molar-refractivity contribution in [3.05, 3.63) is 71.8 Å². The van der Waals surface area contributed by atoms with E-state index in [1.54, 1.807) is 19.1 Å². The Morgan fingerprint density at radius 3 is 2.72 bits per heavy atom. The van der Waals surface area contributed by atoms with E-state index in [-0.39, 0.29) is 17.1 Å². The first-order chi connectivity index (χ1) is 11.9. The van der Waals surface area contributed by atoms with Crippen molar-refractivity contribution < 1.29 is 17.9 Å². The van der Waals surface area contributed by atoms with Crippen LogP contribution < -0.4 is 4.31 Å². The van der Waals surface area contributed by atoms with Crippen molar-refractivity contribution in [3.63, 3.8) is 0 Å². The Bertz CT molecular complexity index is 934. The summed E-state index contributed by atoms with van der Waals surface area (Å²) >= 11 is 0. The Hall–Kier alpha value is -2.60. The maximum Gasteiger partial charge on any atom is 0.338 e. The molecule has 25 heavy (non-hydrogen) atoms. The SMILES string of the molecule is C=C(C)COC(=O)c1cccc(S(=O)(=O)N2CCc3ccccc32)c1. The highest BCUT2D eigenvalue weighted by molar-refractivity contribution is 7.92. The molecule has 6 heteroatoms. The molecule has 0 spiro atoms. The molecule has 0 unspecified atom stereocenters. The summed E-state index contributed by atoms with van der Waals surface area (Å²) in [5, 5.41) is 0. The van der Waals surface area contributed by atoms with Crippen LogP contribution in [0.2, 0.25) is 0 Å². The number of carbonyl (C=O) groups is 1. The van der Waals surface area contributed by atoms with Gasteiger partial charge < -0.3 is 4.74 Å². The number of nitrogens with zero attached hydrogens (tertiary/aromatic N) is 1. The lowest BCUT2D eigenvalue weighted by Gasteiger charge is -2.19. The summed E-state index contributed by atoms with van der Waals surface area (Å²) in [4.78, 5) is 12.2. The van der Waals surface area contributed by atoms with E-state index in [9.17, 15) is 13.2 Å². The average Bonchev–Trinajstić information content (AvgIpc) is 3.04. The number of para-hydroxylation sites is 1. The van der Waals surface area contributed by atoms with Gasteiger partial charge in [-0.15, -0.1) is 0 Å². The molecule has 0 bridgehead atoms. The number of ether oxygens (including phenoxy) is 1. The number of sulfonamides is 1. The van der Waals surface area contributed by atoms with Gasteiger partial charge in [-0.25, -0.2) is 13.2 Å². The summed E-state index contributed by atoms with van der Waals surface area (Å²) in [6.45, 7) is 5.92. The van der Waals surface area contributed by atoms with Gasteiger partial charge in [-0.2, -0.15) is 0 Å². The molecule has 130 valence electrons. The number of benzene rings is 2. The molecular formula is C19H19NO4S. The van der Waals surface area contributed by atoms with Crippen LogP contribution in [0.5, 0.6) is 0 Å². The number of carbonyl (C=O) groups excluding carboxylic acids is 1. The summed E-state index contributed by atoms with van der Waals surface area (Å²) in [5.74, 6) is -0.568. The third-order valence-corrected chi connectivity index (χ3v) is 5.76. The van der Waals surface area contributed by atoms with Crippen molar-refractivity contribution in [1.82, 2.24) is 0 Å². The van der Waals surface area contributed by atoms with Gasteiger partial charge in [0.1, 0.15) is 6.61 Å². The molecule has 0 aromatic heterocycles. The van der Waals surface area contributed by atoms with Crippen LogP contribution in [0.15, 0.2) is 65.6 Å². The van der Waals surface area contributed by atoms with Crippen molar-refractivity contribution in [2.75, 3.05) is 17.5 Å². The average molecular weight is 357 g/mol. The van der Waals surface area contributed by atoms with Gasteiger partial charge in [-0.3, -0.25) is 4.31 Å². The van der Waals surface area contributed by atoms with Crippen LogP contribution in [0.1, 0.15) is 22.8 Å². The minimum atomic E-state index is -3.73. The molecule has 1 aliphatic rings. The van der Waals surface area contributed by atoms with E-state index in [1.165, 1.54) is 22.5 Å². The fraction of sp³-hybridized carbons (Fsp3) is 0.211. The molecule has 3 rings (SSSR count). The first-order valence-electron chi connectivity index (χ1n) is 7.92. The molecule has 0 atom stereocenters. The van der Waals surface area contributed by atoms with Crippen molar-refractivity contribution in [2.24, 2.45) is 0 Å². The van der Waals surface area contributed by atoms with Gasteiger partial charge >= 0.3 is 5.97 Å². The maximum absolute atomic E-state index is 13.0. The first kappa shape index (κ1) is 17.2. The van der Waals surface area contributed by atoms with Crippen molar-refractivity contribution in [2.45, 2.75) is 18.2 Å². The molecular weight excluding hydrogens is 338 g/mol. The highest BCUT2D eigenvalue weighted by Gasteiger charge is 2.31. The zero-order valence-electron chi connectivity index (χ0n) is 13.9. The number of esters is 1. The Morgan fingerprint density at radius 1 is 1.20 bits per heavy atom. The fourth-order valence-corrected chi connectivity index (χ4v) is 4.29. The summed E-state index contributed by atoms with van der Waals surface area (Å²) < 4.78 is 32.5. The molecule has 5 nitrogen and oxygen atoms in total. The lowest BCUT2D eigenvalue weighted by atomic mass is 10.2. The highest BCUT2D eigenvalue weighted by atomic mass is 32.2. The predicted molar refractivity (Wildman–Crippen MR) is 96.2 cm³/mol. The summed E-state index contributed by atoms with van der Waals surface area (Å²) in [5.41, 5.74) is 2.61. The Balaban J connectivity index is 1.90. The minimum Gasteiger partial charge on any atom is -0.458 e. The summed E-state index contributed by atoms with van der Waals surface area (Å²) in [7, 11) is -3.73. The second kappa shape index (κ2) is 6.72. The topological polar surface area (TPSA) is 63.7 Å². The number of rotatable bonds is 5. The number of anilines is 1. The van der Waals surface area contributed by atoms with Gasteiger partial charge in [0.25, 0.3) is 10.0 Å². The smallest absolute Gasteiger partial charge is 0.338 e. The third-order valence-electron chi connectivity index (χ3n) is 3.95. The van der Waals surface area contributed by atoms with E-state index < -0.39 is 16.0 Å². The van der Waals surface area contributed by atoms with Crippen LogP contribution in [-0.4, -0.2) is 27.5 Å². The summed E-state index contributed by atoms with van der Waals surface area (Å²) in [6.07, 6.45) is 0.676. The standard InChI is InChI=1S/C19H19NO4S/c1-14(2)13-24-19(21)16-7-5-8-17(12-16)25(22,23)20-11-10-15-6-3-4-9-18(15)20/h3-9,12H,1,10-11,13H2,2H3. The molecule has 2 aromatic rings. The largest absolute Gasteiger partial charge is 0.458 e. The van der Waals surface area contributed by atoms with Gasteiger partial charge in [0.2, 0.25) is 0 Å². The number of fused-ring (bicyclic) bond motifs is 1. The molecule has 0 fully saturated rings. The first-order valence-corrected chi connectivity index (χ1v) is 9.36. The van der Waals surface area contributed by atoms with E-state index in [2.05, 4.69) is 6.58 Å². The molecule has 0 N–H and O–H groups in total. The minimum absolute atomic E-state index is 0.0778. The molecule has 1 aliphatic heterocycles. The van der Waals surface area contributed by atoms with E-state index >= 15 is 0 Å². The van der Waals surface area contributed by atoms with Crippen molar-refractivity contribution in [3.8, 4) is 0 Å². The summed E-state index contributed by atoms with van der Waals surface area (Å²) in [6, 6.07) is 13.4. The third kappa shape index (κ3) is 3.44. The number of hydrogen-bond acceptors (Lipinski definition) is 4. The molecule has 0 aliphatic carbocycles. The maximum atomic E-state index is 13.0. The lowest BCUT2D eigenvalue weighted by Crippen LogP contribution is -2.29. The lowest BCUT2D eigenvalue weighted by molar-refractivity contribution is 0.0540. The Morgan fingerprint density at radius 2 is 1.96 bits per heavy atom. The second-order valence-corrected chi connectivity index (χ2v) is 7.88.